The summed E-state index contributed by atoms with van der Waals surface area (Å²) in [6.07, 6.45) is 1.63. The molecule has 0 spiro atoms. The minimum absolute atomic E-state index is 0.152. The first-order chi connectivity index (χ1) is 9.59. The molecule has 2 rings (SSSR count). The molecule has 20 heavy (non-hydrogen) atoms. The lowest BCUT2D eigenvalue weighted by Gasteiger charge is -2.19. The number of carbonyl (C=O) groups is 1. The molecule has 0 saturated carbocycles. The fourth-order valence-electron chi connectivity index (χ4n) is 1.84. The van der Waals surface area contributed by atoms with Crippen molar-refractivity contribution in [2.24, 2.45) is 11.7 Å². The Labute approximate surface area is 126 Å². The molecular weight excluding hydrogens is 318 g/mol. The summed E-state index contributed by atoms with van der Waals surface area (Å²) in [6, 6.07) is 12.9. The summed E-state index contributed by atoms with van der Waals surface area (Å²) in [4.78, 5) is 16.3. The minimum Gasteiger partial charge on any atom is -0.323 e. The molecule has 2 unspecified atom stereocenters. The Morgan fingerprint density at radius 2 is 1.95 bits per heavy atom. The van der Waals surface area contributed by atoms with Crippen LogP contribution in [0, 0.1) is 5.92 Å². The van der Waals surface area contributed by atoms with Gasteiger partial charge in [-0.15, -0.1) is 0 Å². The second kappa shape index (κ2) is 6.63. The Balaban J connectivity index is 2.08. The van der Waals surface area contributed by atoms with Crippen LogP contribution in [0.5, 0.6) is 0 Å². The summed E-state index contributed by atoms with van der Waals surface area (Å²) in [5.74, 6) is -0.00308. The molecule has 0 saturated heterocycles. The number of anilines is 1. The normalized spacial score (nSPS) is 13.6. The summed E-state index contributed by atoms with van der Waals surface area (Å²) < 4.78 is 0.744. The largest absolute Gasteiger partial charge is 0.323 e. The topological polar surface area (TPSA) is 68.0 Å². The van der Waals surface area contributed by atoms with Crippen LogP contribution < -0.4 is 11.1 Å². The summed E-state index contributed by atoms with van der Waals surface area (Å²) in [6.45, 7) is 1.81. The van der Waals surface area contributed by atoms with E-state index in [0.29, 0.717) is 5.82 Å². The minimum atomic E-state index is -0.355. The molecular formula is C15H16BrN3O. The first-order valence-corrected chi connectivity index (χ1v) is 7.11. The molecule has 0 radical (unpaired) electrons. The fraction of sp³-hybridized carbons (Fsp3) is 0.200. The molecule has 0 bridgehead atoms. The highest BCUT2D eigenvalue weighted by atomic mass is 79.9. The van der Waals surface area contributed by atoms with E-state index in [2.05, 4.69) is 26.2 Å². The molecule has 1 aromatic heterocycles. The van der Waals surface area contributed by atoms with E-state index in [1.54, 1.807) is 12.3 Å². The Kier molecular flexibility index (Phi) is 4.87. The standard InChI is InChI=1S/C15H16BrN3O/c1-10(13(17)11-6-3-2-4-7-11)15(20)19-14-12(16)8-5-9-18-14/h2-10,13H,17H2,1H3,(H,18,19,20). The van der Waals surface area contributed by atoms with E-state index < -0.39 is 0 Å². The molecule has 1 aromatic carbocycles. The van der Waals surface area contributed by atoms with Crippen LogP contribution in [-0.2, 0) is 4.79 Å². The van der Waals surface area contributed by atoms with Gasteiger partial charge in [-0.25, -0.2) is 4.98 Å². The molecule has 0 aliphatic rings. The van der Waals surface area contributed by atoms with Crippen LogP contribution >= 0.6 is 15.9 Å². The van der Waals surface area contributed by atoms with E-state index >= 15 is 0 Å². The van der Waals surface area contributed by atoms with Crippen molar-refractivity contribution < 1.29 is 4.79 Å². The second-order valence-electron chi connectivity index (χ2n) is 4.55. The van der Waals surface area contributed by atoms with Crippen molar-refractivity contribution in [1.29, 1.82) is 0 Å². The number of halogens is 1. The number of amides is 1. The van der Waals surface area contributed by atoms with Crippen LogP contribution in [-0.4, -0.2) is 10.9 Å². The van der Waals surface area contributed by atoms with Gasteiger partial charge in [0, 0.05) is 12.2 Å². The quantitative estimate of drug-likeness (QED) is 0.903. The molecule has 0 fully saturated rings. The van der Waals surface area contributed by atoms with Gasteiger partial charge >= 0.3 is 0 Å². The van der Waals surface area contributed by atoms with Gasteiger partial charge in [0.15, 0.2) is 0 Å². The van der Waals surface area contributed by atoms with E-state index in [-0.39, 0.29) is 17.9 Å². The highest BCUT2D eigenvalue weighted by molar-refractivity contribution is 9.10. The van der Waals surface area contributed by atoms with Gasteiger partial charge in [0.1, 0.15) is 5.82 Å². The predicted molar refractivity (Wildman–Crippen MR) is 83.1 cm³/mol. The maximum absolute atomic E-state index is 12.2. The monoisotopic (exact) mass is 333 g/mol. The Bertz CT molecular complexity index is 589. The number of carbonyl (C=O) groups excluding carboxylic acids is 1. The van der Waals surface area contributed by atoms with Gasteiger partial charge in [-0.2, -0.15) is 0 Å². The van der Waals surface area contributed by atoms with Crippen molar-refractivity contribution in [3.8, 4) is 0 Å². The van der Waals surface area contributed by atoms with Crippen LogP contribution in [0.1, 0.15) is 18.5 Å². The third kappa shape index (κ3) is 3.43. The van der Waals surface area contributed by atoms with Gasteiger partial charge in [-0.3, -0.25) is 4.79 Å². The third-order valence-corrected chi connectivity index (χ3v) is 3.78. The van der Waals surface area contributed by atoms with E-state index in [4.69, 9.17) is 5.73 Å². The van der Waals surface area contributed by atoms with Gasteiger partial charge in [0.25, 0.3) is 0 Å². The maximum atomic E-state index is 12.2. The SMILES string of the molecule is CC(C(=O)Nc1ncccc1Br)C(N)c1ccccc1. The fourth-order valence-corrected chi connectivity index (χ4v) is 2.19. The molecule has 3 N–H and O–H groups in total. The zero-order valence-corrected chi connectivity index (χ0v) is 12.7. The maximum Gasteiger partial charge on any atom is 0.230 e. The zero-order chi connectivity index (χ0) is 14.5. The number of rotatable bonds is 4. The first kappa shape index (κ1) is 14.7. The number of hydrogen-bond acceptors (Lipinski definition) is 3. The second-order valence-corrected chi connectivity index (χ2v) is 5.40. The van der Waals surface area contributed by atoms with Gasteiger partial charge in [-0.1, -0.05) is 37.3 Å². The van der Waals surface area contributed by atoms with Crippen LogP contribution in [0.3, 0.4) is 0 Å². The third-order valence-electron chi connectivity index (χ3n) is 3.14. The van der Waals surface area contributed by atoms with Crippen LogP contribution in [0.2, 0.25) is 0 Å². The first-order valence-electron chi connectivity index (χ1n) is 6.31. The van der Waals surface area contributed by atoms with Crippen LogP contribution in [0.15, 0.2) is 53.1 Å². The van der Waals surface area contributed by atoms with Crippen LogP contribution in [0.25, 0.3) is 0 Å². The van der Waals surface area contributed by atoms with E-state index in [1.807, 2.05) is 43.3 Å². The number of nitrogens with two attached hydrogens (primary N) is 1. The van der Waals surface area contributed by atoms with Crippen molar-refractivity contribution in [3.63, 3.8) is 0 Å². The van der Waals surface area contributed by atoms with Gasteiger partial charge in [0.05, 0.1) is 10.4 Å². The van der Waals surface area contributed by atoms with Crippen molar-refractivity contribution in [2.75, 3.05) is 5.32 Å². The highest BCUT2D eigenvalue weighted by Crippen LogP contribution is 2.23. The van der Waals surface area contributed by atoms with E-state index in [1.165, 1.54) is 0 Å². The average Bonchev–Trinajstić information content (AvgIpc) is 2.49. The lowest BCUT2D eigenvalue weighted by atomic mass is 9.95. The number of benzene rings is 1. The molecule has 0 aliphatic heterocycles. The van der Waals surface area contributed by atoms with Crippen molar-refractivity contribution in [1.82, 2.24) is 4.98 Å². The number of hydrogen-bond donors (Lipinski definition) is 2. The molecule has 5 heteroatoms. The van der Waals surface area contributed by atoms with E-state index in [9.17, 15) is 4.79 Å². The van der Waals surface area contributed by atoms with Crippen molar-refractivity contribution in [2.45, 2.75) is 13.0 Å². The molecule has 104 valence electrons. The Morgan fingerprint density at radius 1 is 1.25 bits per heavy atom. The highest BCUT2D eigenvalue weighted by Gasteiger charge is 2.22. The summed E-state index contributed by atoms with van der Waals surface area (Å²) in [5.41, 5.74) is 7.08. The summed E-state index contributed by atoms with van der Waals surface area (Å²) in [7, 11) is 0. The van der Waals surface area contributed by atoms with Gasteiger partial charge in [-0.05, 0) is 33.6 Å². The number of pyridine rings is 1. The van der Waals surface area contributed by atoms with Gasteiger partial charge in [0.2, 0.25) is 5.91 Å². The smallest absolute Gasteiger partial charge is 0.230 e. The molecule has 4 nitrogen and oxygen atoms in total. The summed E-state index contributed by atoms with van der Waals surface area (Å²) >= 11 is 3.35. The summed E-state index contributed by atoms with van der Waals surface area (Å²) in [5, 5.41) is 2.78. The van der Waals surface area contributed by atoms with Crippen LogP contribution in [0.4, 0.5) is 5.82 Å². The molecule has 1 amide bonds. The zero-order valence-electron chi connectivity index (χ0n) is 11.1. The van der Waals surface area contributed by atoms with Crippen molar-refractivity contribution >= 4 is 27.7 Å². The lowest BCUT2D eigenvalue weighted by molar-refractivity contribution is -0.120. The van der Waals surface area contributed by atoms with E-state index in [0.717, 1.165) is 10.0 Å². The predicted octanol–water partition coefficient (Wildman–Crippen LogP) is 3.12. The van der Waals surface area contributed by atoms with Gasteiger partial charge < -0.3 is 11.1 Å². The molecule has 2 atom stereocenters. The molecule has 2 aromatic rings. The van der Waals surface area contributed by atoms with Crippen molar-refractivity contribution in [3.05, 3.63) is 58.7 Å². The Morgan fingerprint density at radius 3 is 2.60 bits per heavy atom. The molecule has 0 aliphatic carbocycles. The average molecular weight is 334 g/mol. The lowest BCUT2D eigenvalue weighted by Crippen LogP contribution is -2.30. The number of nitrogens with one attached hydrogen (secondary N) is 1. The number of nitrogens with zero attached hydrogens (tertiary/aromatic N) is 1. The Hall–Kier alpha value is -1.72. The number of aromatic nitrogens is 1. The molecule has 1 heterocycles.